The number of aliphatic hydroxyl groups excluding tert-OH is 1. The molecular formula is C8H6NO4-. The molecule has 0 amide bonds. The lowest BCUT2D eigenvalue weighted by atomic mass is 10.2. The summed E-state index contributed by atoms with van der Waals surface area (Å²) in [5, 5.41) is 29.6. The topological polar surface area (TPSA) is 86.4 Å². The number of nitro groups is 1. The van der Waals surface area contributed by atoms with Crippen LogP contribution in [0.5, 0.6) is 0 Å². The zero-order valence-electron chi connectivity index (χ0n) is 6.51. The monoisotopic (exact) mass is 180 g/mol. The van der Waals surface area contributed by atoms with Gasteiger partial charge in [-0.25, -0.2) is 0 Å². The first-order chi connectivity index (χ1) is 6.19. The minimum absolute atomic E-state index is 0.0793. The van der Waals surface area contributed by atoms with Crippen molar-refractivity contribution in [3.05, 3.63) is 38.8 Å². The third-order valence-corrected chi connectivity index (χ3v) is 1.53. The summed E-state index contributed by atoms with van der Waals surface area (Å²) < 4.78 is 0. The van der Waals surface area contributed by atoms with Crippen molar-refractivity contribution in [1.82, 2.24) is 0 Å². The van der Waals surface area contributed by atoms with Gasteiger partial charge < -0.3 is 10.2 Å². The Balaban J connectivity index is 3.54. The van der Waals surface area contributed by atoms with Crippen LogP contribution in [-0.4, -0.2) is 10.0 Å². The van der Waals surface area contributed by atoms with E-state index in [0.717, 1.165) is 6.07 Å². The van der Waals surface area contributed by atoms with Gasteiger partial charge in [-0.3, -0.25) is 10.1 Å². The maximum atomic E-state index is 10.4. The number of hydrogen-bond acceptors (Lipinski definition) is 4. The zero-order valence-corrected chi connectivity index (χ0v) is 6.51. The van der Waals surface area contributed by atoms with E-state index in [4.69, 9.17) is 5.11 Å². The van der Waals surface area contributed by atoms with Crippen LogP contribution >= 0.6 is 0 Å². The molecule has 0 fully saturated rings. The summed E-state index contributed by atoms with van der Waals surface area (Å²) in [5.41, 5.74) is -0.285. The summed E-state index contributed by atoms with van der Waals surface area (Å²) in [5.74, 6) is 0. The van der Waals surface area contributed by atoms with Gasteiger partial charge in [0.1, 0.15) is 0 Å². The summed E-state index contributed by atoms with van der Waals surface area (Å²) in [4.78, 5) is 9.75. The van der Waals surface area contributed by atoms with Gasteiger partial charge >= 0.3 is 0 Å². The van der Waals surface area contributed by atoms with Gasteiger partial charge in [-0.1, -0.05) is 6.07 Å². The fourth-order valence-corrected chi connectivity index (χ4v) is 0.901. The molecule has 0 heterocycles. The van der Waals surface area contributed by atoms with E-state index in [-0.39, 0.29) is 16.1 Å². The van der Waals surface area contributed by atoms with Gasteiger partial charge in [-0.05, 0) is 11.3 Å². The van der Waals surface area contributed by atoms with E-state index < -0.39 is 4.92 Å². The zero-order chi connectivity index (χ0) is 9.84. The van der Waals surface area contributed by atoms with Crippen LogP contribution in [0.15, 0.2) is 18.2 Å². The highest BCUT2D eigenvalue weighted by Gasteiger charge is 2.05. The molecule has 0 aliphatic rings. The Bertz CT molecular complexity index is 438. The minimum atomic E-state index is -0.658. The third kappa shape index (κ3) is 1.76. The number of aliphatic hydroxyl groups is 1. The molecule has 0 aliphatic carbocycles. The Labute approximate surface area is 73.0 Å². The van der Waals surface area contributed by atoms with Gasteiger partial charge in [0.2, 0.25) is 0 Å². The Hall–Kier alpha value is -2.04. The van der Waals surface area contributed by atoms with E-state index in [0.29, 0.717) is 12.5 Å². The van der Waals surface area contributed by atoms with Gasteiger partial charge in [0, 0.05) is 6.07 Å². The molecule has 5 nitrogen and oxygen atoms in total. The van der Waals surface area contributed by atoms with Crippen molar-refractivity contribution in [1.29, 1.82) is 0 Å². The lowest BCUT2D eigenvalue weighted by molar-refractivity contribution is -0.386. The second-order valence-corrected chi connectivity index (χ2v) is 2.32. The van der Waals surface area contributed by atoms with Crippen LogP contribution in [0.4, 0.5) is 5.69 Å². The number of nitrogens with zero attached hydrogens (tertiary/aromatic N) is 1. The van der Waals surface area contributed by atoms with Crippen LogP contribution < -0.4 is 15.5 Å². The lowest BCUT2D eigenvalue weighted by Gasteiger charge is -1.94. The second kappa shape index (κ2) is 3.57. The number of rotatable bonds is 1. The molecule has 0 atom stereocenters. The quantitative estimate of drug-likeness (QED) is 0.443. The maximum Gasteiger partial charge on any atom is 0.280 e. The molecule has 0 aliphatic heterocycles. The van der Waals surface area contributed by atoms with Crippen molar-refractivity contribution in [3.63, 3.8) is 0 Å². The molecule has 0 radical (unpaired) electrons. The number of non-ortho nitro benzene ring substituents is 1. The molecule has 0 saturated carbocycles. The van der Waals surface area contributed by atoms with E-state index >= 15 is 0 Å². The van der Waals surface area contributed by atoms with Crippen molar-refractivity contribution in [2.24, 2.45) is 0 Å². The predicted molar refractivity (Wildman–Crippen MR) is 43.9 cm³/mol. The largest absolute Gasteiger partial charge is 0.877 e. The van der Waals surface area contributed by atoms with Crippen LogP contribution in [0.1, 0.15) is 0 Å². The van der Waals surface area contributed by atoms with Crippen molar-refractivity contribution in [2.45, 2.75) is 0 Å². The normalized spacial score (nSPS) is 13.2. The highest BCUT2D eigenvalue weighted by atomic mass is 16.6. The van der Waals surface area contributed by atoms with Gasteiger partial charge in [-0.15, -0.1) is 6.26 Å². The molecule has 1 rings (SSSR count). The van der Waals surface area contributed by atoms with E-state index in [1.807, 2.05) is 0 Å². The Morgan fingerprint density at radius 3 is 2.62 bits per heavy atom. The van der Waals surface area contributed by atoms with E-state index in [2.05, 4.69) is 0 Å². The van der Waals surface area contributed by atoms with Gasteiger partial charge in [0.15, 0.2) is 0 Å². The van der Waals surface area contributed by atoms with Crippen molar-refractivity contribution in [3.8, 4) is 0 Å². The van der Waals surface area contributed by atoms with E-state index in [1.54, 1.807) is 0 Å². The van der Waals surface area contributed by atoms with Crippen LogP contribution in [-0.2, 0) is 0 Å². The van der Waals surface area contributed by atoms with Crippen LogP contribution in [0.25, 0.3) is 12.5 Å². The van der Waals surface area contributed by atoms with Crippen molar-refractivity contribution in [2.75, 3.05) is 0 Å². The lowest BCUT2D eigenvalue weighted by Crippen LogP contribution is -2.15. The summed E-state index contributed by atoms with van der Waals surface area (Å²) in [6, 6.07) is 3.80. The summed E-state index contributed by atoms with van der Waals surface area (Å²) in [6.07, 6.45) is 1.14. The molecule has 0 aromatic heterocycles. The van der Waals surface area contributed by atoms with Crippen molar-refractivity contribution < 1.29 is 15.1 Å². The molecule has 1 aromatic carbocycles. The molecule has 0 unspecified atom stereocenters. The first-order valence-corrected chi connectivity index (χ1v) is 3.40. The molecule has 0 spiro atoms. The van der Waals surface area contributed by atoms with Gasteiger partial charge in [0.25, 0.3) is 5.69 Å². The summed E-state index contributed by atoms with van der Waals surface area (Å²) in [7, 11) is 0. The molecular weight excluding hydrogens is 174 g/mol. The summed E-state index contributed by atoms with van der Waals surface area (Å²) in [6.45, 7) is 0. The standard InChI is InChI=1S/C8H7NO4/c10-4-6-1-2-7(5-11)8(3-6)9(12)13/h1-5,10-11H/p-1. The molecule has 13 heavy (non-hydrogen) atoms. The molecule has 1 N–H and O–H groups in total. The number of nitro benzene ring substituents is 1. The smallest absolute Gasteiger partial charge is 0.280 e. The van der Waals surface area contributed by atoms with E-state index in [9.17, 15) is 15.2 Å². The minimum Gasteiger partial charge on any atom is -0.877 e. The average Bonchev–Trinajstić information content (AvgIpc) is 2.16. The Kier molecular flexibility index (Phi) is 2.49. The van der Waals surface area contributed by atoms with Crippen LogP contribution in [0.2, 0.25) is 0 Å². The predicted octanol–water partition coefficient (Wildman–Crippen LogP) is -1.01. The molecule has 5 heteroatoms. The average molecular weight is 180 g/mol. The molecule has 0 bridgehead atoms. The fourth-order valence-electron chi connectivity index (χ4n) is 0.901. The first kappa shape index (κ1) is 9.05. The first-order valence-electron chi connectivity index (χ1n) is 3.40. The van der Waals surface area contributed by atoms with Crippen molar-refractivity contribution >= 4 is 18.2 Å². The number of hydrogen-bond donors (Lipinski definition) is 1. The maximum absolute atomic E-state index is 10.4. The molecule has 1 aromatic rings. The Morgan fingerprint density at radius 1 is 1.46 bits per heavy atom. The van der Waals surface area contributed by atoms with Crippen LogP contribution in [0.3, 0.4) is 0 Å². The molecule has 68 valence electrons. The SMILES string of the molecule is O=[N+]([O-])c1cc(=C[O-])ccc1=CO. The second-order valence-electron chi connectivity index (χ2n) is 2.32. The highest BCUT2D eigenvalue weighted by Crippen LogP contribution is 1.97. The van der Waals surface area contributed by atoms with Gasteiger partial charge in [-0.2, -0.15) is 0 Å². The summed E-state index contributed by atoms with van der Waals surface area (Å²) >= 11 is 0. The van der Waals surface area contributed by atoms with Gasteiger partial charge in [0.05, 0.1) is 16.4 Å². The van der Waals surface area contributed by atoms with E-state index in [1.165, 1.54) is 12.1 Å². The fraction of sp³-hybridized carbons (Fsp3) is 0. The van der Waals surface area contributed by atoms with Crippen LogP contribution in [0, 0.1) is 10.1 Å². The molecule has 0 saturated heterocycles. The Morgan fingerprint density at radius 2 is 2.15 bits per heavy atom. The third-order valence-electron chi connectivity index (χ3n) is 1.53. The number of benzene rings is 1. The highest BCUT2D eigenvalue weighted by molar-refractivity contribution is 5.37.